The summed E-state index contributed by atoms with van der Waals surface area (Å²) in [6, 6.07) is 17.6. The van der Waals surface area contributed by atoms with Crippen LogP contribution < -0.4 is 4.74 Å². The molecule has 7 heteroatoms. The van der Waals surface area contributed by atoms with Crippen LogP contribution in [0.15, 0.2) is 59.5 Å². The second-order valence-corrected chi connectivity index (χ2v) is 11.3. The van der Waals surface area contributed by atoms with Crippen molar-refractivity contribution in [1.82, 2.24) is 9.97 Å². The monoisotopic (exact) mass is 512 g/mol. The van der Waals surface area contributed by atoms with Gasteiger partial charge in [0.25, 0.3) is 0 Å². The van der Waals surface area contributed by atoms with Crippen molar-refractivity contribution in [3.05, 3.63) is 76.0 Å². The van der Waals surface area contributed by atoms with Gasteiger partial charge in [-0.2, -0.15) is 0 Å². The largest absolute Gasteiger partial charge is 0.611 e. The molecular weight excluding hydrogens is 487 g/mol. The van der Waals surface area contributed by atoms with Crippen LogP contribution >= 0.6 is 23.2 Å². The molecule has 0 aliphatic heterocycles. The molecule has 1 heterocycles. The summed E-state index contributed by atoms with van der Waals surface area (Å²) in [5.41, 5.74) is 4.13. The molecule has 4 aromatic rings. The van der Waals surface area contributed by atoms with Crippen molar-refractivity contribution in [1.29, 1.82) is 0 Å². The first-order valence-electron chi connectivity index (χ1n) is 11.5. The van der Waals surface area contributed by atoms with E-state index in [1.54, 1.807) is 0 Å². The van der Waals surface area contributed by atoms with E-state index in [9.17, 15) is 4.55 Å². The van der Waals surface area contributed by atoms with E-state index in [4.69, 9.17) is 32.9 Å². The first-order chi connectivity index (χ1) is 16.4. The molecule has 34 heavy (non-hydrogen) atoms. The Morgan fingerprint density at radius 3 is 2.56 bits per heavy atom. The number of para-hydroxylation sites is 1. The van der Waals surface area contributed by atoms with Gasteiger partial charge in [0, 0.05) is 23.5 Å². The highest BCUT2D eigenvalue weighted by Crippen LogP contribution is 2.43. The summed E-state index contributed by atoms with van der Waals surface area (Å²) in [4.78, 5) is 8.99. The Morgan fingerprint density at radius 1 is 1.12 bits per heavy atom. The Hall–Kier alpha value is -2.18. The van der Waals surface area contributed by atoms with E-state index in [2.05, 4.69) is 4.98 Å². The average molecular weight is 513 g/mol. The molecule has 1 aliphatic rings. The van der Waals surface area contributed by atoms with Crippen LogP contribution in [0.1, 0.15) is 38.1 Å². The third-order valence-corrected chi connectivity index (χ3v) is 8.13. The van der Waals surface area contributed by atoms with Crippen LogP contribution in [-0.2, 0) is 17.6 Å². The summed E-state index contributed by atoms with van der Waals surface area (Å²) in [7, 11) is 0. The van der Waals surface area contributed by atoms with Gasteiger partial charge in [0.2, 0.25) is 0 Å². The maximum atomic E-state index is 12.4. The van der Waals surface area contributed by atoms with Crippen molar-refractivity contribution in [2.24, 2.45) is 5.92 Å². The van der Waals surface area contributed by atoms with Crippen LogP contribution in [0.25, 0.3) is 22.2 Å². The molecule has 0 bridgehead atoms. The van der Waals surface area contributed by atoms with Crippen molar-refractivity contribution >= 4 is 45.4 Å². The molecule has 0 saturated heterocycles. The summed E-state index contributed by atoms with van der Waals surface area (Å²) >= 11 is 12.6. The number of aromatic amines is 1. The number of imidazole rings is 1. The number of halogens is 2. The lowest BCUT2D eigenvalue weighted by Gasteiger charge is -2.16. The number of nitrogens with zero attached hydrogens (tertiary/aromatic N) is 1. The van der Waals surface area contributed by atoms with Gasteiger partial charge in [0.05, 0.1) is 27.2 Å². The number of rotatable bonds is 8. The lowest BCUT2D eigenvalue weighted by molar-refractivity contribution is 0.243. The Balaban J connectivity index is 1.43. The van der Waals surface area contributed by atoms with Crippen LogP contribution in [0.2, 0.25) is 10.0 Å². The normalized spacial score (nSPS) is 14.6. The molecule has 1 N–H and O–H groups in total. The van der Waals surface area contributed by atoms with Crippen molar-refractivity contribution in [2.75, 3.05) is 5.75 Å². The van der Waals surface area contributed by atoms with Gasteiger partial charge in [-0.3, -0.25) is 0 Å². The molecule has 0 radical (unpaired) electrons. The van der Waals surface area contributed by atoms with Crippen molar-refractivity contribution in [2.45, 2.75) is 44.1 Å². The third-order valence-electron chi connectivity index (χ3n) is 5.88. The van der Waals surface area contributed by atoms with Gasteiger partial charge in [-0.25, -0.2) is 4.98 Å². The highest BCUT2D eigenvalue weighted by Gasteiger charge is 2.28. The van der Waals surface area contributed by atoms with Gasteiger partial charge < -0.3 is 14.3 Å². The van der Waals surface area contributed by atoms with E-state index in [0.717, 1.165) is 49.9 Å². The highest BCUT2D eigenvalue weighted by atomic mass is 35.5. The number of hydrogen-bond donors (Lipinski definition) is 1. The van der Waals surface area contributed by atoms with E-state index in [1.807, 2.05) is 68.4 Å². The van der Waals surface area contributed by atoms with E-state index in [0.29, 0.717) is 22.4 Å². The van der Waals surface area contributed by atoms with Crippen molar-refractivity contribution in [3.8, 4) is 16.9 Å². The van der Waals surface area contributed by atoms with Gasteiger partial charge in [-0.05, 0) is 67.7 Å². The van der Waals surface area contributed by atoms with Gasteiger partial charge in [-0.1, -0.05) is 53.5 Å². The molecular formula is C27H26Cl2N2O2S. The number of nitrogens with one attached hydrogen (secondary N) is 1. The quantitative estimate of drug-likeness (QED) is 0.249. The van der Waals surface area contributed by atoms with Crippen LogP contribution in [0.3, 0.4) is 0 Å². The zero-order valence-corrected chi connectivity index (χ0v) is 21.4. The van der Waals surface area contributed by atoms with Crippen LogP contribution in [0.5, 0.6) is 5.75 Å². The lowest BCUT2D eigenvalue weighted by Crippen LogP contribution is -2.08. The standard InChI is InChI=1S/C27H26Cl2N2O2S/c1-16(2)33-23-6-4-3-5-20(23)25-21(28)14-22-27(26(25)29)31-24(30-22)13-17-9-11-19(12-10-17)34(32)15-18-7-8-18/h3-6,9-12,14,16,18H,7-8,13,15H2,1-2H3,(H,30,31). The number of ether oxygens (including phenoxy) is 1. The number of benzene rings is 3. The highest BCUT2D eigenvalue weighted by molar-refractivity contribution is 7.91. The molecule has 0 spiro atoms. The smallest absolute Gasteiger partial charge is 0.152 e. The molecule has 1 atom stereocenters. The molecule has 1 aromatic heterocycles. The van der Waals surface area contributed by atoms with Crippen molar-refractivity contribution in [3.63, 3.8) is 0 Å². The first kappa shape index (κ1) is 23.6. The molecule has 5 rings (SSSR count). The second-order valence-electron chi connectivity index (χ2n) is 9.06. The minimum atomic E-state index is -0.917. The maximum absolute atomic E-state index is 12.4. The number of hydrogen-bond acceptors (Lipinski definition) is 3. The van der Waals surface area contributed by atoms with Crippen LogP contribution in [0, 0.1) is 5.92 Å². The van der Waals surface area contributed by atoms with Crippen LogP contribution in [-0.4, -0.2) is 26.4 Å². The summed E-state index contributed by atoms with van der Waals surface area (Å²) in [6.45, 7) is 3.98. The summed E-state index contributed by atoms with van der Waals surface area (Å²) in [5.74, 6) is 2.94. The molecule has 1 fully saturated rings. The third kappa shape index (κ3) is 5.08. The topological polar surface area (TPSA) is 61.0 Å². The predicted octanol–water partition coefficient (Wildman–Crippen LogP) is 7.43. The second kappa shape index (κ2) is 9.82. The van der Waals surface area contributed by atoms with E-state index >= 15 is 0 Å². The van der Waals surface area contributed by atoms with Crippen molar-refractivity contribution < 1.29 is 9.29 Å². The number of H-pyrrole nitrogens is 1. The number of aromatic nitrogens is 2. The average Bonchev–Trinajstić information content (AvgIpc) is 3.52. The lowest BCUT2D eigenvalue weighted by atomic mass is 10.0. The molecule has 4 nitrogen and oxygen atoms in total. The van der Waals surface area contributed by atoms with E-state index in [1.165, 1.54) is 12.8 Å². The van der Waals surface area contributed by atoms with Crippen LogP contribution in [0.4, 0.5) is 0 Å². The van der Waals surface area contributed by atoms with Gasteiger partial charge >= 0.3 is 0 Å². The zero-order valence-electron chi connectivity index (χ0n) is 19.1. The molecule has 1 unspecified atom stereocenters. The fourth-order valence-electron chi connectivity index (χ4n) is 4.04. The van der Waals surface area contributed by atoms with E-state index in [-0.39, 0.29) is 6.10 Å². The summed E-state index contributed by atoms with van der Waals surface area (Å²) < 4.78 is 18.4. The number of fused-ring (bicyclic) bond motifs is 1. The Kier molecular flexibility index (Phi) is 6.81. The predicted molar refractivity (Wildman–Crippen MR) is 141 cm³/mol. The molecule has 176 valence electrons. The first-order valence-corrected chi connectivity index (χ1v) is 13.6. The minimum Gasteiger partial charge on any atom is -0.611 e. The molecule has 1 aliphatic carbocycles. The molecule has 3 aromatic carbocycles. The zero-order chi connectivity index (χ0) is 23.8. The fraction of sp³-hybridized carbons (Fsp3) is 0.296. The Morgan fingerprint density at radius 2 is 1.85 bits per heavy atom. The Bertz CT molecular complexity index is 1320. The SMILES string of the molecule is CC(C)Oc1ccccc1-c1c(Cl)cc2nc(Cc3ccc([S+]([O-])CC4CC4)cc3)[nH]c2c1Cl. The molecule has 1 saturated carbocycles. The Labute approximate surface area is 212 Å². The fourth-order valence-corrected chi connectivity index (χ4v) is 6.13. The maximum Gasteiger partial charge on any atom is 0.152 e. The summed E-state index contributed by atoms with van der Waals surface area (Å²) in [6.07, 6.45) is 3.06. The van der Waals surface area contributed by atoms with Gasteiger partial charge in [-0.15, -0.1) is 0 Å². The van der Waals surface area contributed by atoms with E-state index < -0.39 is 11.2 Å². The van der Waals surface area contributed by atoms with Gasteiger partial charge in [0.15, 0.2) is 4.90 Å². The minimum absolute atomic E-state index is 0.0266. The summed E-state index contributed by atoms with van der Waals surface area (Å²) in [5, 5.41) is 1.05. The molecule has 0 amide bonds. The van der Waals surface area contributed by atoms with Gasteiger partial charge in [0.1, 0.15) is 17.3 Å².